The molecule has 0 fully saturated rings. The zero-order chi connectivity index (χ0) is 27.9. The van der Waals surface area contributed by atoms with E-state index < -0.39 is 17.4 Å². The molecule has 7 rings (SSSR count). The van der Waals surface area contributed by atoms with E-state index in [2.05, 4.69) is 9.97 Å². The van der Waals surface area contributed by atoms with Gasteiger partial charge in [-0.05, 0) is 73.0 Å². The molecule has 0 amide bonds. The van der Waals surface area contributed by atoms with Gasteiger partial charge in [0.25, 0.3) is 0 Å². The SMILES string of the molecule is O=c1oc(-c2cccc(C(F)(F)F)c2)nc2ccsc12.O=c1oc(-c2ccccc2)nc2sc3c(c12)CCCC3. The van der Waals surface area contributed by atoms with Crippen LogP contribution in [0.15, 0.2) is 84.5 Å². The Hall–Kier alpha value is -4.09. The van der Waals surface area contributed by atoms with E-state index in [9.17, 15) is 22.8 Å². The summed E-state index contributed by atoms with van der Waals surface area (Å²) in [6, 6.07) is 15.7. The molecule has 6 aromatic rings. The molecule has 1 aliphatic carbocycles. The standard InChI is InChI=1S/C16H13NO2S.C13H6F3NO2S/c18-16-13-11-8-4-5-9-12(11)20-15(13)17-14(19-16)10-6-2-1-3-7-10;14-13(15,16)8-3-1-2-7(6-8)11-17-9-4-5-20-10(9)12(18)19-11/h1-3,6-7H,4-5,8-9H2;1-6H. The molecule has 0 bridgehead atoms. The molecular weight excluding hydrogens is 561 g/mol. The third-order valence-corrected chi connectivity index (χ3v) is 8.52. The highest BCUT2D eigenvalue weighted by Gasteiger charge is 2.30. The van der Waals surface area contributed by atoms with Crippen LogP contribution in [0.2, 0.25) is 0 Å². The van der Waals surface area contributed by atoms with Crippen LogP contribution >= 0.6 is 22.7 Å². The summed E-state index contributed by atoms with van der Waals surface area (Å²) in [5.74, 6) is 0.300. The Balaban J connectivity index is 0.000000145. The highest BCUT2D eigenvalue weighted by atomic mass is 32.1. The Morgan fingerprint density at radius 3 is 2.33 bits per heavy atom. The normalized spacial score (nSPS) is 13.2. The predicted molar refractivity (Wildman–Crippen MR) is 149 cm³/mol. The zero-order valence-corrected chi connectivity index (χ0v) is 22.3. The second-order valence-corrected chi connectivity index (χ2v) is 11.1. The summed E-state index contributed by atoms with van der Waals surface area (Å²) >= 11 is 2.83. The van der Waals surface area contributed by atoms with Crippen LogP contribution in [0.1, 0.15) is 28.8 Å². The van der Waals surface area contributed by atoms with Gasteiger partial charge >= 0.3 is 17.4 Å². The van der Waals surface area contributed by atoms with Crippen LogP contribution < -0.4 is 11.3 Å². The van der Waals surface area contributed by atoms with Gasteiger partial charge in [-0.15, -0.1) is 22.7 Å². The van der Waals surface area contributed by atoms with E-state index >= 15 is 0 Å². The first-order chi connectivity index (χ1) is 19.3. The zero-order valence-electron chi connectivity index (χ0n) is 20.7. The maximum absolute atomic E-state index is 12.7. The molecule has 6 nitrogen and oxygen atoms in total. The maximum Gasteiger partial charge on any atom is 0.416 e. The summed E-state index contributed by atoms with van der Waals surface area (Å²) in [5, 5.41) is 2.38. The fraction of sp³-hybridized carbons (Fsp3) is 0.172. The van der Waals surface area contributed by atoms with Crippen LogP contribution in [0.3, 0.4) is 0 Å². The largest absolute Gasteiger partial charge is 0.416 e. The number of thiophene rings is 2. The number of benzene rings is 2. The first kappa shape index (κ1) is 26.1. The molecule has 11 heteroatoms. The van der Waals surface area contributed by atoms with Gasteiger partial charge in [0.1, 0.15) is 14.9 Å². The molecule has 0 spiro atoms. The third kappa shape index (κ3) is 5.09. The molecule has 4 heterocycles. The Labute approximate surface area is 232 Å². The third-order valence-electron chi connectivity index (χ3n) is 6.45. The smallest absolute Gasteiger partial charge is 0.403 e. The Morgan fingerprint density at radius 2 is 1.52 bits per heavy atom. The minimum absolute atomic E-state index is 0.116. The van der Waals surface area contributed by atoms with Crippen LogP contribution in [0.25, 0.3) is 43.3 Å². The van der Waals surface area contributed by atoms with E-state index in [1.54, 1.807) is 22.8 Å². The van der Waals surface area contributed by atoms with Gasteiger partial charge in [-0.2, -0.15) is 13.2 Å². The van der Waals surface area contributed by atoms with Gasteiger partial charge < -0.3 is 8.83 Å². The lowest BCUT2D eigenvalue weighted by atomic mass is 9.97. The fourth-order valence-electron chi connectivity index (χ4n) is 4.56. The van der Waals surface area contributed by atoms with Crippen molar-refractivity contribution < 1.29 is 22.0 Å². The van der Waals surface area contributed by atoms with Crippen molar-refractivity contribution in [1.29, 1.82) is 0 Å². The first-order valence-electron chi connectivity index (χ1n) is 12.3. The number of aromatic nitrogens is 2. The number of rotatable bonds is 2. The van der Waals surface area contributed by atoms with E-state index in [1.165, 1.54) is 40.3 Å². The van der Waals surface area contributed by atoms with Crippen LogP contribution in [-0.2, 0) is 19.0 Å². The van der Waals surface area contributed by atoms with Gasteiger partial charge in [0.05, 0.1) is 11.1 Å². The highest BCUT2D eigenvalue weighted by Crippen LogP contribution is 2.35. The molecule has 40 heavy (non-hydrogen) atoms. The van der Waals surface area contributed by atoms with Gasteiger partial charge in [-0.1, -0.05) is 24.3 Å². The number of fused-ring (bicyclic) bond motifs is 4. The van der Waals surface area contributed by atoms with Crippen LogP contribution in [0, 0.1) is 0 Å². The highest BCUT2D eigenvalue weighted by molar-refractivity contribution is 7.18. The number of alkyl halides is 3. The minimum Gasteiger partial charge on any atom is -0.403 e. The molecular formula is C29H19F3N2O4S2. The average molecular weight is 581 g/mol. The fourth-order valence-corrected chi connectivity index (χ4v) is 6.51. The molecule has 1 aliphatic rings. The minimum atomic E-state index is -4.46. The van der Waals surface area contributed by atoms with E-state index in [1.807, 2.05) is 30.3 Å². The second kappa shape index (κ2) is 10.5. The summed E-state index contributed by atoms with van der Waals surface area (Å²) in [5.41, 5.74) is 0.897. The molecule has 0 saturated heterocycles. The van der Waals surface area contributed by atoms with E-state index in [4.69, 9.17) is 8.83 Å². The summed E-state index contributed by atoms with van der Waals surface area (Å²) in [4.78, 5) is 34.8. The quantitative estimate of drug-likeness (QED) is 0.208. The molecule has 0 radical (unpaired) electrons. The molecule has 0 aliphatic heterocycles. The van der Waals surface area contributed by atoms with E-state index in [-0.39, 0.29) is 17.1 Å². The number of hydrogen-bond donors (Lipinski definition) is 0. The summed E-state index contributed by atoms with van der Waals surface area (Å²) < 4.78 is 48.7. The van der Waals surface area contributed by atoms with Crippen molar-refractivity contribution in [3.05, 3.63) is 103 Å². The molecule has 0 atom stereocenters. The van der Waals surface area contributed by atoms with Crippen molar-refractivity contribution >= 4 is 43.1 Å². The van der Waals surface area contributed by atoms with Gasteiger partial charge in [0, 0.05) is 16.0 Å². The van der Waals surface area contributed by atoms with Gasteiger partial charge in [0.2, 0.25) is 11.8 Å². The topological polar surface area (TPSA) is 86.2 Å². The van der Waals surface area contributed by atoms with Crippen LogP contribution in [0.5, 0.6) is 0 Å². The van der Waals surface area contributed by atoms with Gasteiger partial charge in [-0.3, -0.25) is 0 Å². The monoisotopic (exact) mass is 580 g/mol. The molecule has 4 aromatic heterocycles. The van der Waals surface area contributed by atoms with Crippen molar-refractivity contribution in [1.82, 2.24) is 9.97 Å². The van der Waals surface area contributed by atoms with Crippen molar-refractivity contribution in [2.75, 3.05) is 0 Å². The van der Waals surface area contributed by atoms with Crippen molar-refractivity contribution in [3.8, 4) is 22.9 Å². The lowest BCUT2D eigenvalue weighted by Gasteiger charge is -2.09. The number of aryl methyl sites for hydroxylation is 2. The number of nitrogens with zero attached hydrogens (tertiary/aromatic N) is 2. The molecule has 202 valence electrons. The van der Waals surface area contributed by atoms with Crippen molar-refractivity contribution in [3.63, 3.8) is 0 Å². The summed E-state index contributed by atoms with van der Waals surface area (Å²) in [6.07, 6.45) is -0.0544. The Bertz CT molecular complexity index is 1960. The van der Waals surface area contributed by atoms with Crippen molar-refractivity contribution in [2.24, 2.45) is 0 Å². The molecule has 0 N–H and O–H groups in total. The molecule has 2 aromatic carbocycles. The van der Waals surface area contributed by atoms with E-state index in [0.29, 0.717) is 21.5 Å². The number of halogens is 3. The lowest BCUT2D eigenvalue weighted by molar-refractivity contribution is -0.137. The summed E-state index contributed by atoms with van der Waals surface area (Å²) in [7, 11) is 0. The predicted octanol–water partition coefficient (Wildman–Crippen LogP) is 7.73. The molecule has 0 unspecified atom stereocenters. The lowest BCUT2D eigenvalue weighted by Crippen LogP contribution is -2.06. The van der Waals surface area contributed by atoms with Crippen LogP contribution in [-0.4, -0.2) is 9.97 Å². The van der Waals surface area contributed by atoms with Crippen molar-refractivity contribution in [2.45, 2.75) is 31.9 Å². The summed E-state index contributed by atoms with van der Waals surface area (Å²) in [6.45, 7) is 0. The maximum atomic E-state index is 12.7. The van der Waals surface area contributed by atoms with Gasteiger partial charge in [0.15, 0.2) is 0 Å². The second-order valence-electron chi connectivity index (χ2n) is 9.08. The first-order valence-corrected chi connectivity index (χ1v) is 14.0. The van der Waals surface area contributed by atoms with E-state index in [0.717, 1.165) is 41.8 Å². The Kier molecular flexibility index (Phi) is 6.85. The van der Waals surface area contributed by atoms with Crippen LogP contribution in [0.4, 0.5) is 13.2 Å². The number of hydrogen-bond acceptors (Lipinski definition) is 8. The Morgan fingerprint density at radius 1 is 0.800 bits per heavy atom. The molecule has 0 saturated carbocycles. The van der Waals surface area contributed by atoms with Gasteiger partial charge in [-0.25, -0.2) is 19.6 Å². The average Bonchev–Trinajstić information content (AvgIpc) is 3.59.